The van der Waals surface area contributed by atoms with Gasteiger partial charge in [-0.2, -0.15) is 11.8 Å². The molecule has 2 heterocycles. The molecule has 0 bridgehead atoms. The monoisotopic (exact) mass is 238 g/mol. The van der Waals surface area contributed by atoms with Gasteiger partial charge in [0.1, 0.15) is 5.69 Å². The molecule has 1 fully saturated rings. The average Bonchev–Trinajstić information content (AvgIpc) is 2.39. The fourth-order valence-corrected chi connectivity index (χ4v) is 2.47. The Morgan fingerprint density at radius 2 is 2.25 bits per heavy atom. The van der Waals surface area contributed by atoms with E-state index in [1.54, 1.807) is 18.3 Å². The van der Waals surface area contributed by atoms with Gasteiger partial charge < -0.3 is 10.3 Å². The zero-order valence-corrected chi connectivity index (χ0v) is 9.67. The standard InChI is InChI=1S/C10H14N4OS/c11-13-8-1-2-12-9(7-8)10(15)14-3-5-16-6-4-14/h1-2,7H,3-6,11H2,(H,12,13). The number of thioether (sulfide) groups is 1. The normalized spacial score (nSPS) is 15.9. The summed E-state index contributed by atoms with van der Waals surface area (Å²) >= 11 is 1.87. The van der Waals surface area contributed by atoms with Crippen molar-refractivity contribution in [2.45, 2.75) is 0 Å². The van der Waals surface area contributed by atoms with Crippen molar-refractivity contribution in [3.8, 4) is 0 Å². The third-order valence-electron chi connectivity index (χ3n) is 2.44. The third-order valence-corrected chi connectivity index (χ3v) is 3.39. The van der Waals surface area contributed by atoms with Crippen LogP contribution in [0, 0.1) is 0 Å². The van der Waals surface area contributed by atoms with E-state index in [9.17, 15) is 4.79 Å². The second kappa shape index (κ2) is 5.18. The molecule has 0 unspecified atom stereocenters. The number of hydrazine groups is 1. The summed E-state index contributed by atoms with van der Waals surface area (Å²) in [5, 5.41) is 0. The van der Waals surface area contributed by atoms with Crippen molar-refractivity contribution in [3.63, 3.8) is 0 Å². The van der Waals surface area contributed by atoms with Crippen LogP contribution in [0.25, 0.3) is 0 Å². The number of nitrogens with zero attached hydrogens (tertiary/aromatic N) is 2. The minimum atomic E-state index is -0.0163. The van der Waals surface area contributed by atoms with Crippen LogP contribution in [-0.2, 0) is 0 Å². The van der Waals surface area contributed by atoms with Gasteiger partial charge in [0.25, 0.3) is 5.91 Å². The predicted octanol–water partition coefficient (Wildman–Crippen LogP) is 0.556. The molecular weight excluding hydrogens is 224 g/mol. The van der Waals surface area contributed by atoms with E-state index in [1.165, 1.54) is 0 Å². The smallest absolute Gasteiger partial charge is 0.272 e. The van der Waals surface area contributed by atoms with E-state index in [4.69, 9.17) is 5.84 Å². The van der Waals surface area contributed by atoms with Gasteiger partial charge in [-0.3, -0.25) is 15.6 Å². The average molecular weight is 238 g/mol. The van der Waals surface area contributed by atoms with Gasteiger partial charge >= 0.3 is 0 Å². The summed E-state index contributed by atoms with van der Waals surface area (Å²) in [4.78, 5) is 18.0. The number of nitrogen functional groups attached to an aromatic ring is 1. The second-order valence-corrected chi connectivity index (χ2v) is 4.70. The number of hydrogen-bond acceptors (Lipinski definition) is 5. The second-order valence-electron chi connectivity index (χ2n) is 3.48. The summed E-state index contributed by atoms with van der Waals surface area (Å²) in [6.07, 6.45) is 1.58. The number of nitrogens with two attached hydrogens (primary N) is 1. The lowest BCUT2D eigenvalue weighted by Crippen LogP contribution is -2.38. The molecule has 0 radical (unpaired) electrons. The number of carbonyl (C=O) groups excluding carboxylic acids is 1. The van der Waals surface area contributed by atoms with Gasteiger partial charge in [-0.1, -0.05) is 0 Å². The van der Waals surface area contributed by atoms with Crippen molar-refractivity contribution in [3.05, 3.63) is 24.0 Å². The van der Waals surface area contributed by atoms with Crippen molar-refractivity contribution in [1.29, 1.82) is 0 Å². The highest BCUT2D eigenvalue weighted by atomic mass is 32.2. The van der Waals surface area contributed by atoms with Crippen molar-refractivity contribution in [2.24, 2.45) is 5.84 Å². The van der Waals surface area contributed by atoms with E-state index in [0.717, 1.165) is 24.6 Å². The summed E-state index contributed by atoms with van der Waals surface area (Å²) < 4.78 is 0. The minimum Gasteiger partial charge on any atom is -0.336 e. The number of aromatic nitrogens is 1. The third kappa shape index (κ3) is 2.45. The first-order chi connectivity index (χ1) is 7.81. The fourth-order valence-electron chi connectivity index (χ4n) is 1.57. The zero-order chi connectivity index (χ0) is 11.4. The van der Waals surface area contributed by atoms with Gasteiger partial charge in [0.2, 0.25) is 0 Å². The first-order valence-corrected chi connectivity index (χ1v) is 6.26. The van der Waals surface area contributed by atoms with E-state index in [2.05, 4.69) is 10.4 Å². The SMILES string of the molecule is NNc1ccnc(C(=O)N2CCSCC2)c1. The lowest BCUT2D eigenvalue weighted by Gasteiger charge is -2.26. The van der Waals surface area contributed by atoms with E-state index in [-0.39, 0.29) is 5.91 Å². The molecule has 0 aliphatic carbocycles. The highest BCUT2D eigenvalue weighted by molar-refractivity contribution is 7.99. The number of nitrogens with one attached hydrogen (secondary N) is 1. The lowest BCUT2D eigenvalue weighted by molar-refractivity contribution is 0.0766. The number of amides is 1. The molecule has 0 saturated carbocycles. The molecule has 1 aromatic heterocycles. The molecule has 1 aliphatic rings. The van der Waals surface area contributed by atoms with Gasteiger partial charge in [-0.25, -0.2) is 0 Å². The number of rotatable bonds is 2. The van der Waals surface area contributed by atoms with Crippen LogP contribution in [0.3, 0.4) is 0 Å². The molecule has 3 N–H and O–H groups in total. The van der Waals surface area contributed by atoms with Gasteiger partial charge in [-0.15, -0.1) is 0 Å². The Kier molecular flexibility index (Phi) is 3.63. The number of hydrogen-bond donors (Lipinski definition) is 2. The highest BCUT2D eigenvalue weighted by Crippen LogP contribution is 2.13. The van der Waals surface area contributed by atoms with Crippen LogP contribution in [0.15, 0.2) is 18.3 Å². The van der Waals surface area contributed by atoms with Crippen LogP contribution < -0.4 is 11.3 Å². The van der Waals surface area contributed by atoms with E-state index in [1.807, 2.05) is 16.7 Å². The quantitative estimate of drug-likeness (QED) is 0.582. The van der Waals surface area contributed by atoms with Crippen molar-refractivity contribution < 1.29 is 4.79 Å². The molecular formula is C10H14N4OS. The maximum atomic E-state index is 12.1. The van der Waals surface area contributed by atoms with Crippen molar-refractivity contribution in [2.75, 3.05) is 30.0 Å². The molecule has 2 rings (SSSR count). The minimum absolute atomic E-state index is 0.0163. The molecule has 1 amide bonds. The van der Waals surface area contributed by atoms with Crippen LogP contribution in [0.1, 0.15) is 10.5 Å². The first-order valence-electron chi connectivity index (χ1n) is 5.11. The van der Waals surface area contributed by atoms with Crippen LogP contribution in [0.2, 0.25) is 0 Å². The van der Waals surface area contributed by atoms with Crippen LogP contribution >= 0.6 is 11.8 Å². The summed E-state index contributed by atoms with van der Waals surface area (Å²) in [6.45, 7) is 1.59. The molecule has 0 atom stereocenters. The van der Waals surface area contributed by atoms with Crippen LogP contribution in [0.5, 0.6) is 0 Å². The van der Waals surface area contributed by atoms with Crippen LogP contribution in [0.4, 0.5) is 5.69 Å². The Labute approximate surface area is 98.4 Å². The van der Waals surface area contributed by atoms with Crippen molar-refractivity contribution in [1.82, 2.24) is 9.88 Å². The van der Waals surface area contributed by atoms with E-state index >= 15 is 0 Å². The Balaban J connectivity index is 2.12. The molecule has 1 aliphatic heterocycles. The van der Waals surface area contributed by atoms with Gasteiger partial charge in [-0.05, 0) is 12.1 Å². The molecule has 6 heteroatoms. The molecule has 86 valence electrons. The molecule has 5 nitrogen and oxygen atoms in total. The Morgan fingerprint density at radius 3 is 2.94 bits per heavy atom. The summed E-state index contributed by atoms with van der Waals surface area (Å²) in [5.41, 5.74) is 3.66. The largest absolute Gasteiger partial charge is 0.336 e. The number of carbonyl (C=O) groups is 1. The van der Waals surface area contributed by atoms with E-state index < -0.39 is 0 Å². The Morgan fingerprint density at radius 1 is 1.50 bits per heavy atom. The summed E-state index contributed by atoms with van der Waals surface area (Å²) in [5.74, 6) is 7.28. The van der Waals surface area contributed by atoms with Crippen molar-refractivity contribution >= 4 is 23.4 Å². The number of anilines is 1. The van der Waals surface area contributed by atoms with E-state index in [0.29, 0.717) is 11.4 Å². The topological polar surface area (TPSA) is 71.2 Å². The highest BCUT2D eigenvalue weighted by Gasteiger charge is 2.19. The molecule has 1 saturated heterocycles. The molecule has 0 aromatic carbocycles. The molecule has 16 heavy (non-hydrogen) atoms. The maximum Gasteiger partial charge on any atom is 0.272 e. The van der Waals surface area contributed by atoms with Crippen LogP contribution in [-0.4, -0.2) is 40.4 Å². The lowest BCUT2D eigenvalue weighted by atomic mass is 10.3. The summed E-state index contributed by atoms with van der Waals surface area (Å²) in [6, 6.07) is 3.40. The zero-order valence-electron chi connectivity index (χ0n) is 8.85. The fraction of sp³-hybridized carbons (Fsp3) is 0.400. The van der Waals surface area contributed by atoms with Gasteiger partial charge in [0.15, 0.2) is 0 Å². The molecule has 0 spiro atoms. The molecule has 1 aromatic rings. The maximum absolute atomic E-state index is 12.1. The Bertz CT molecular complexity index is 379. The summed E-state index contributed by atoms with van der Waals surface area (Å²) in [7, 11) is 0. The number of pyridine rings is 1. The predicted molar refractivity (Wildman–Crippen MR) is 65.3 cm³/mol. The first kappa shape index (κ1) is 11.2. The Hall–Kier alpha value is -1.27. The van der Waals surface area contributed by atoms with Gasteiger partial charge in [0, 0.05) is 30.8 Å². The van der Waals surface area contributed by atoms with Gasteiger partial charge in [0.05, 0.1) is 5.69 Å².